The lowest BCUT2D eigenvalue weighted by Crippen LogP contribution is -2.30. The number of nitrogens with one attached hydrogen (secondary N) is 2. The van der Waals surface area contributed by atoms with Gasteiger partial charge in [-0.1, -0.05) is 72.8 Å². The molecular weight excluding hydrogens is 595 g/mol. The van der Waals surface area contributed by atoms with Gasteiger partial charge in [-0.05, 0) is 73.2 Å². The van der Waals surface area contributed by atoms with Crippen molar-refractivity contribution in [2.75, 3.05) is 17.7 Å². The third kappa shape index (κ3) is 6.87. The first-order chi connectivity index (χ1) is 22.5. The molecule has 7 nitrogen and oxygen atoms in total. The Morgan fingerprint density at radius 1 is 0.761 bits per heavy atom. The van der Waals surface area contributed by atoms with Gasteiger partial charge in [-0.3, -0.25) is 19.0 Å². The summed E-state index contributed by atoms with van der Waals surface area (Å²) in [6.45, 7) is 2.45. The Kier molecular flexibility index (Phi) is 9.27. The number of hydrogen-bond donors (Lipinski definition) is 2. The topological polar surface area (TPSA) is 89.4 Å². The van der Waals surface area contributed by atoms with Gasteiger partial charge in [0.1, 0.15) is 11.4 Å². The number of amides is 2. The Balaban J connectivity index is 1.19. The van der Waals surface area contributed by atoms with Crippen LogP contribution in [0.15, 0.2) is 138 Å². The van der Waals surface area contributed by atoms with Crippen LogP contribution in [0, 0.1) is 0 Å². The third-order valence-corrected chi connectivity index (χ3v) is 8.29. The van der Waals surface area contributed by atoms with Gasteiger partial charge in [0.05, 0.1) is 23.4 Å². The van der Waals surface area contributed by atoms with Gasteiger partial charge in [-0.25, -0.2) is 0 Å². The highest BCUT2D eigenvalue weighted by Crippen LogP contribution is 2.30. The predicted molar refractivity (Wildman–Crippen MR) is 185 cm³/mol. The number of anilines is 1. The zero-order chi connectivity index (χ0) is 31.9. The second kappa shape index (κ2) is 14.0. The van der Waals surface area contributed by atoms with Crippen LogP contribution in [0.2, 0.25) is 0 Å². The van der Waals surface area contributed by atoms with E-state index in [-0.39, 0.29) is 17.4 Å². The lowest BCUT2D eigenvalue weighted by atomic mass is 10.1. The molecule has 0 spiro atoms. The number of carbonyl (C=O) groups is 3. The number of para-hydroxylation sites is 2. The van der Waals surface area contributed by atoms with E-state index in [0.717, 1.165) is 32.3 Å². The first-order valence-electron chi connectivity index (χ1n) is 14.9. The zero-order valence-corrected chi connectivity index (χ0v) is 25.9. The summed E-state index contributed by atoms with van der Waals surface area (Å²) in [6, 6.07) is 39.1. The number of hydrogen-bond acceptors (Lipinski definition) is 5. The van der Waals surface area contributed by atoms with Crippen molar-refractivity contribution in [2.45, 2.75) is 11.8 Å². The van der Waals surface area contributed by atoms with E-state index in [4.69, 9.17) is 4.74 Å². The molecule has 0 unspecified atom stereocenters. The minimum absolute atomic E-state index is 0.0407. The Labute approximate surface area is 270 Å². The van der Waals surface area contributed by atoms with Gasteiger partial charge < -0.3 is 15.4 Å². The van der Waals surface area contributed by atoms with E-state index in [1.54, 1.807) is 41.0 Å². The molecule has 0 atom stereocenters. The van der Waals surface area contributed by atoms with E-state index in [1.165, 1.54) is 11.8 Å². The molecule has 5 aromatic carbocycles. The molecule has 2 amide bonds. The smallest absolute Gasteiger partial charge is 0.272 e. The molecule has 228 valence electrons. The van der Waals surface area contributed by atoms with Crippen LogP contribution in [0.3, 0.4) is 0 Å². The summed E-state index contributed by atoms with van der Waals surface area (Å²) in [5.74, 6) is -0.00994. The lowest BCUT2D eigenvalue weighted by molar-refractivity contribution is -0.113. The molecule has 0 bridgehead atoms. The minimum Gasteiger partial charge on any atom is -0.494 e. The third-order valence-electron chi connectivity index (χ3n) is 7.31. The number of carbonyl (C=O) groups excluding carboxylic acids is 3. The summed E-state index contributed by atoms with van der Waals surface area (Å²) in [5.41, 5.74) is 3.51. The van der Waals surface area contributed by atoms with Crippen LogP contribution < -0.4 is 15.4 Å². The van der Waals surface area contributed by atoms with E-state index in [0.29, 0.717) is 23.6 Å². The molecule has 0 radical (unpaired) electrons. The maximum Gasteiger partial charge on any atom is 0.272 e. The SMILES string of the molecule is CCOc1ccc(/C=C(/NC(=O)c2ccccc2)C(=O)Nc2cccc(SCC(=O)n3c4ccccc4c4ccccc43)c2)cc1. The van der Waals surface area contributed by atoms with Crippen LogP contribution in [0.4, 0.5) is 5.69 Å². The molecule has 6 aromatic rings. The minimum atomic E-state index is -0.485. The number of thioether (sulfide) groups is 1. The van der Waals surface area contributed by atoms with E-state index in [9.17, 15) is 14.4 Å². The van der Waals surface area contributed by atoms with Crippen LogP contribution >= 0.6 is 11.8 Å². The highest BCUT2D eigenvalue weighted by molar-refractivity contribution is 8.00. The molecule has 46 heavy (non-hydrogen) atoms. The maximum atomic E-state index is 13.6. The fourth-order valence-electron chi connectivity index (χ4n) is 5.20. The van der Waals surface area contributed by atoms with Gasteiger partial charge in [0.25, 0.3) is 11.8 Å². The molecule has 0 fully saturated rings. The van der Waals surface area contributed by atoms with Crippen molar-refractivity contribution in [1.29, 1.82) is 0 Å². The number of ether oxygens (including phenoxy) is 1. The Bertz CT molecular complexity index is 2010. The van der Waals surface area contributed by atoms with Crippen molar-refractivity contribution in [3.8, 4) is 5.75 Å². The molecule has 0 saturated heterocycles. The Hall–Kier alpha value is -5.60. The number of aromatic nitrogens is 1. The van der Waals surface area contributed by atoms with Crippen LogP contribution in [-0.4, -0.2) is 34.6 Å². The van der Waals surface area contributed by atoms with Crippen molar-refractivity contribution < 1.29 is 19.1 Å². The van der Waals surface area contributed by atoms with Crippen molar-refractivity contribution >= 4 is 63.1 Å². The number of nitrogens with zero attached hydrogens (tertiary/aromatic N) is 1. The standard InChI is InChI=1S/C38H31N3O4S/c1-2-45-29-21-19-26(20-22-29)23-33(40-37(43)27-11-4-3-5-12-27)38(44)39-28-13-10-14-30(24-28)46-25-36(42)41-34-17-8-6-15-31(34)32-16-7-9-18-35(32)41/h3-24H,2,25H2,1H3,(H,39,44)(H,40,43)/b33-23+. The van der Waals surface area contributed by atoms with Crippen molar-refractivity contribution in [1.82, 2.24) is 9.88 Å². The normalized spacial score (nSPS) is 11.4. The molecule has 0 aliphatic heterocycles. The van der Waals surface area contributed by atoms with E-state index < -0.39 is 11.8 Å². The highest BCUT2D eigenvalue weighted by Gasteiger charge is 2.17. The second-order valence-corrected chi connectivity index (χ2v) is 11.5. The predicted octanol–water partition coefficient (Wildman–Crippen LogP) is 8.04. The lowest BCUT2D eigenvalue weighted by Gasteiger charge is -2.12. The molecule has 2 N–H and O–H groups in total. The first-order valence-corrected chi connectivity index (χ1v) is 15.9. The number of rotatable bonds is 10. The maximum absolute atomic E-state index is 13.6. The average molecular weight is 626 g/mol. The summed E-state index contributed by atoms with van der Waals surface area (Å²) in [4.78, 5) is 40.9. The van der Waals surface area contributed by atoms with Gasteiger partial charge >= 0.3 is 0 Å². The summed E-state index contributed by atoms with van der Waals surface area (Å²) >= 11 is 1.39. The molecule has 0 aliphatic rings. The molecule has 1 heterocycles. The van der Waals surface area contributed by atoms with Crippen LogP contribution in [0.5, 0.6) is 5.75 Å². The number of benzene rings is 5. The summed E-state index contributed by atoms with van der Waals surface area (Å²) < 4.78 is 7.30. The van der Waals surface area contributed by atoms with Gasteiger partial charge in [0.2, 0.25) is 5.91 Å². The molecule has 8 heteroatoms. The zero-order valence-electron chi connectivity index (χ0n) is 25.1. The Morgan fingerprint density at radius 2 is 1.41 bits per heavy atom. The largest absolute Gasteiger partial charge is 0.494 e. The average Bonchev–Trinajstić information content (AvgIpc) is 3.43. The molecule has 0 aliphatic carbocycles. The fourth-order valence-corrected chi connectivity index (χ4v) is 6.00. The monoisotopic (exact) mass is 625 g/mol. The van der Waals surface area contributed by atoms with E-state index in [2.05, 4.69) is 10.6 Å². The van der Waals surface area contributed by atoms with Crippen molar-refractivity contribution in [3.05, 3.63) is 144 Å². The van der Waals surface area contributed by atoms with Gasteiger partial charge in [0.15, 0.2) is 0 Å². The quantitative estimate of drug-likeness (QED) is 0.119. The van der Waals surface area contributed by atoms with E-state index >= 15 is 0 Å². The van der Waals surface area contributed by atoms with E-state index in [1.807, 2.05) is 104 Å². The molecule has 1 aromatic heterocycles. The molecule has 6 rings (SSSR count). The van der Waals surface area contributed by atoms with Gasteiger partial charge in [0, 0.05) is 26.9 Å². The molecule has 0 saturated carbocycles. The van der Waals surface area contributed by atoms with Crippen molar-refractivity contribution in [2.24, 2.45) is 0 Å². The van der Waals surface area contributed by atoms with Crippen molar-refractivity contribution in [3.63, 3.8) is 0 Å². The Morgan fingerprint density at radius 3 is 2.09 bits per heavy atom. The van der Waals surface area contributed by atoms with Crippen LogP contribution in [0.1, 0.15) is 27.6 Å². The first kappa shape index (κ1) is 30.4. The summed E-state index contributed by atoms with van der Waals surface area (Å²) in [7, 11) is 0. The fraction of sp³-hybridized carbons (Fsp3) is 0.0789. The summed E-state index contributed by atoms with van der Waals surface area (Å²) in [5, 5.41) is 7.75. The van der Waals surface area contributed by atoms with Gasteiger partial charge in [-0.15, -0.1) is 11.8 Å². The highest BCUT2D eigenvalue weighted by atomic mass is 32.2. The molecular formula is C38H31N3O4S. The van der Waals surface area contributed by atoms with Crippen LogP contribution in [-0.2, 0) is 4.79 Å². The number of fused-ring (bicyclic) bond motifs is 3. The second-order valence-electron chi connectivity index (χ2n) is 10.4. The van der Waals surface area contributed by atoms with Gasteiger partial charge in [-0.2, -0.15) is 0 Å². The van der Waals surface area contributed by atoms with Crippen LogP contribution in [0.25, 0.3) is 27.9 Å². The summed E-state index contributed by atoms with van der Waals surface area (Å²) in [6.07, 6.45) is 1.62.